The topological polar surface area (TPSA) is 84.6 Å². The lowest BCUT2D eigenvalue weighted by atomic mass is 10.0. The molecule has 3 heterocycles. The number of carbonyl (C=O) groups excluding carboxylic acids is 1. The van der Waals surface area contributed by atoms with Crippen LogP contribution in [0.1, 0.15) is 15.9 Å². The number of benzene rings is 2. The average molecular weight is 478 g/mol. The number of nitrogens with zero attached hydrogens (tertiary/aromatic N) is 4. The number of nitrogen functional groups attached to an aromatic ring is 1. The van der Waals surface area contributed by atoms with E-state index in [0.29, 0.717) is 29.7 Å². The van der Waals surface area contributed by atoms with E-state index in [1.54, 1.807) is 18.3 Å². The summed E-state index contributed by atoms with van der Waals surface area (Å²) in [6.07, 6.45) is 1.71. The van der Waals surface area contributed by atoms with Crippen LogP contribution in [-0.2, 0) is 6.54 Å². The lowest BCUT2D eigenvalue weighted by Gasteiger charge is -2.35. The molecule has 0 unspecified atom stereocenters. The van der Waals surface area contributed by atoms with Crippen molar-refractivity contribution < 1.29 is 13.9 Å². The highest BCUT2D eigenvalue weighted by atomic mass is 32.1. The number of nitrogens with two attached hydrogens (primary N) is 1. The second kappa shape index (κ2) is 9.36. The van der Waals surface area contributed by atoms with E-state index >= 15 is 0 Å². The predicted molar refractivity (Wildman–Crippen MR) is 131 cm³/mol. The van der Waals surface area contributed by atoms with Gasteiger partial charge in [-0.25, -0.2) is 14.4 Å². The van der Waals surface area contributed by atoms with Crippen molar-refractivity contribution in [2.45, 2.75) is 6.54 Å². The minimum atomic E-state index is -0.236. The van der Waals surface area contributed by atoms with E-state index in [-0.39, 0.29) is 11.7 Å². The van der Waals surface area contributed by atoms with Gasteiger partial charge >= 0.3 is 0 Å². The standard InChI is InChI=1S/C25H24FN5O2S/c1-33-23-20(12-18(14-28-23)17-4-7-21-22(13-17)34-25(27)29-21)24(32)31-10-8-30(9-11-31)15-16-2-5-19(26)6-3-16/h2-7,12-14H,8-11,15H2,1H3,(H2,27,29). The number of methoxy groups -OCH3 is 1. The summed E-state index contributed by atoms with van der Waals surface area (Å²) in [4.78, 5) is 26.2. The van der Waals surface area contributed by atoms with Crippen LogP contribution in [0.25, 0.3) is 21.3 Å². The number of rotatable bonds is 5. The Balaban J connectivity index is 1.32. The number of hydrogen-bond donors (Lipinski definition) is 1. The number of aromatic nitrogens is 2. The number of halogens is 1. The first kappa shape index (κ1) is 22.2. The number of ether oxygens (including phenoxy) is 1. The van der Waals surface area contributed by atoms with Crippen LogP contribution >= 0.6 is 11.3 Å². The first-order chi connectivity index (χ1) is 16.5. The number of pyridine rings is 1. The molecular weight excluding hydrogens is 453 g/mol. The molecule has 1 saturated heterocycles. The Bertz CT molecular complexity index is 1330. The van der Waals surface area contributed by atoms with E-state index in [9.17, 15) is 9.18 Å². The fourth-order valence-electron chi connectivity index (χ4n) is 4.18. The molecule has 34 heavy (non-hydrogen) atoms. The number of carbonyl (C=O) groups is 1. The van der Waals surface area contributed by atoms with E-state index in [2.05, 4.69) is 14.9 Å². The van der Waals surface area contributed by atoms with Crippen LogP contribution < -0.4 is 10.5 Å². The number of fused-ring (bicyclic) bond motifs is 1. The quantitative estimate of drug-likeness (QED) is 0.467. The van der Waals surface area contributed by atoms with Crippen molar-refractivity contribution in [2.75, 3.05) is 39.0 Å². The lowest BCUT2D eigenvalue weighted by molar-refractivity contribution is 0.0624. The number of anilines is 1. The minimum Gasteiger partial charge on any atom is -0.480 e. The number of hydrogen-bond acceptors (Lipinski definition) is 7. The van der Waals surface area contributed by atoms with E-state index in [1.807, 2.05) is 29.2 Å². The maximum Gasteiger partial charge on any atom is 0.259 e. The van der Waals surface area contributed by atoms with Gasteiger partial charge in [0.25, 0.3) is 5.91 Å². The third kappa shape index (κ3) is 4.57. The molecular formula is C25H24FN5O2S. The van der Waals surface area contributed by atoms with Crippen molar-refractivity contribution in [2.24, 2.45) is 0 Å². The van der Waals surface area contributed by atoms with Gasteiger partial charge in [-0.1, -0.05) is 29.5 Å². The third-order valence-electron chi connectivity index (χ3n) is 5.99. The molecule has 4 aromatic rings. The summed E-state index contributed by atoms with van der Waals surface area (Å²) in [5.74, 6) is -0.0265. The number of piperazine rings is 1. The van der Waals surface area contributed by atoms with E-state index in [0.717, 1.165) is 46.5 Å². The molecule has 1 amide bonds. The molecule has 1 fully saturated rings. The molecule has 0 aliphatic carbocycles. The molecule has 1 aliphatic heterocycles. The second-order valence-corrected chi connectivity index (χ2v) is 9.27. The fourth-order valence-corrected chi connectivity index (χ4v) is 4.95. The summed E-state index contributed by atoms with van der Waals surface area (Å²) in [6.45, 7) is 3.40. The Morgan fingerprint density at radius 2 is 1.85 bits per heavy atom. The highest BCUT2D eigenvalue weighted by Crippen LogP contribution is 2.31. The molecule has 2 N–H and O–H groups in total. The van der Waals surface area contributed by atoms with Gasteiger partial charge in [0.15, 0.2) is 5.13 Å². The smallest absolute Gasteiger partial charge is 0.259 e. The minimum absolute atomic E-state index is 0.101. The van der Waals surface area contributed by atoms with Crippen LogP contribution in [0.3, 0.4) is 0 Å². The normalized spacial score (nSPS) is 14.5. The molecule has 1 aliphatic rings. The van der Waals surface area contributed by atoms with Crippen molar-refractivity contribution in [3.8, 4) is 17.0 Å². The van der Waals surface area contributed by atoms with Crippen molar-refractivity contribution in [1.29, 1.82) is 0 Å². The summed E-state index contributed by atoms with van der Waals surface area (Å²) >= 11 is 1.43. The summed E-state index contributed by atoms with van der Waals surface area (Å²) < 4.78 is 19.5. The Labute approximate surface area is 200 Å². The van der Waals surface area contributed by atoms with Crippen LogP contribution in [0.15, 0.2) is 54.7 Å². The highest BCUT2D eigenvalue weighted by molar-refractivity contribution is 7.22. The molecule has 174 valence electrons. The molecule has 0 saturated carbocycles. The van der Waals surface area contributed by atoms with Gasteiger partial charge in [0, 0.05) is 44.5 Å². The first-order valence-electron chi connectivity index (χ1n) is 11.0. The van der Waals surface area contributed by atoms with Gasteiger partial charge in [-0.2, -0.15) is 0 Å². The maximum absolute atomic E-state index is 13.4. The zero-order chi connectivity index (χ0) is 23.7. The van der Waals surface area contributed by atoms with E-state index in [4.69, 9.17) is 10.5 Å². The molecule has 0 atom stereocenters. The third-order valence-corrected chi connectivity index (χ3v) is 6.84. The molecule has 7 nitrogen and oxygen atoms in total. The van der Waals surface area contributed by atoms with Crippen molar-refractivity contribution in [1.82, 2.24) is 19.8 Å². The SMILES string of the molecule is COc1ncc(-c2ccc3nc(N)sc3c2)cc1C(=O)N1CCN(Cc2ccc(F)cc2)CC1. The second-order valence-electron chi connectivity index (χ2n) is 8.21. The Morgan fingerprint density at radius 3 is 2.59 bits per heavy atom. The van der Waals surface area contributed by atoms with Gasteiger partial charge in [-0.05, 0) is 41.5 Å². The van der Waals surface area contributed by atoms with Crippen molar-refractivity contribution in [3.05, 3.63) is 71.7 Å². The molecule has 0 radical (unpaired) electrons. The van der Waals surface area contributed by atoms with E-state index in [1.165, 1.54) is 30.6 Å². The molecule has 0 bridgehead atoms. The zero-order valence-electron chi connectivity index (χ0n) is 18.7. The summed E-state index contributed by atoms with van der Waals surface area (Å²) in [7, 11) is 1.52. The van der Waals surface area contributed by atoms with Crippen molar-refractivity contribution in [3.63, 3.8) is 0 Å². The maximum atomic E-state index is 13.4. The van der Waals surface area contributed by atoms with E-state index < -0.39 is 0 Å². The first-order valence-corrected chi connectivity index (χ1v) is 11.8. The lowest BCUT2D eigenvalue weighted by Crippen LogP contribution is -2.48. The van der Waals surface area contributed by atoms with Crippen molar-refractivity contribution >= 4 is 32.6 Å². The number of amides is 1. The largest absolute Gasteiger partial charge is 0.480 e. The predicted octanol–water partition coefficient (Wildman–Crippen LogP) is 4.05. The molecule has 2 aromatic carbocycles. The van der Waals surface area contributed by atoms with Crippen LogP contribution in [0.5, 0.6) is 5.88 Å². The van der Waals surface area contributed by atoms with Gasteiger partial charge < -0.3 is 15.4 Å². The van der Waals surface area contributed by atoms with Crippen LogP contribution in [0.4, 0.5) is 9.52 Å². The Kier molecular flexibility index (Phi) is 6.12. The number of thiazole rings is 1. The van der Waals surface area contributed by atoms with Gasteiger partial charge in [0.05, 0.1) is 17.3 Å². The molecule has 9 heteroatoms. The summed E-state index contributed by atoms with van der Waals surface area (Å²) in [5, 5.41) is 0.523. The van der Waals surface area contributed by atoms with Crippen LogP contribution in [0.2, 0.25) is 0 Å². The van der Waals surface area contributed by atoms with Gasteiger partial charge in [0.2, 0.25) is 5.88 Å². The molecule has 0 spiro atoms. The van der Waals surface area contributed by atoms with Gasteiger partial charge in [-0.3, -0.25) is 9.69 Å². The van der Waals surface area contributed by atoms with Gasteiger partial charge in [-0.15, -0.1) is 0 Å². The summed E-state index contributed by atoms with van der Waals surface area (Å²) in [5.41, 5.74) is 9.94. The van der Waals surface area contributed by atoms with Crippen LogP contribution in [0, 0.1) is 5.82 Å². The average Bonchev–Trinajstić information content (AvgIpc) is 3.24. The monoisotopic (exact) mass is 477 g/mol. The Morgan fingerprint density at radius 1 is 1.09 bits per heavy atom. The molecule has 2 aromatic heterocycles. The fraction of sp³-hybridized carbons (Fsp3) is 0.240. The highest BCUT2D eigenvalue weighted by Gasteiger charge is 2.25. The molecule has 5 rings (SSSR count). The Hall–Kier alpha value is -3.56. The van der Waals surface area contributed by atoms with Gasteiger partial charge in [0.1, 0.15) is 11.4 Å². The van der Waals surface area contributed by atoms with Crippen LogP contribution in [-0.4, -0.2) is 59.0 Å². The summed E-state index contributed by atoms with van der Waals surface area (Å²) in [6, 6.07) is 14.3. The zero-order valence-corrected chi connectivity index (χ0v) is 19.5.